The molecule has 5 nitrogen and oxygen atoms in total. The average Bonchev–Trinajstić information content (AvgIpc) is 3.04. The second-order valence-electron chi connectivity index (χ2n) is 7.06. The molecule has 31 heavy (non-hydrogen) atoms. The molecule has 1 heterocycles. The molecule has 7 heteroatoms. The van der Waals surface area contributed by atoms with E-state index in [2.05, 4.69) is 5.32 Å². The second-order valence-corrected chi connectivity index (χ2v) is 8.35. The number of para-hydroxylation sites is 1. The highest BCUT2D eigenvalue weighted by molar-refractivity contribution is 7.98. The summed E-state index contributed by atoms with van der Waals surface area (Å²) in [6.07, 6.45) is 2.09. The Hall–Kier alpha value is -3.09. The Bertz CT molecular complexity index is 1130. The van der Waals surface area contributed by atoms with Crippen molar-refractivity contribution in [3.05, 3.63) is 94.5 Å². The standard InChI is InChI=1S/C24H19ClN2O3S/c1-31-21-9-5-4-8-19(21)26-22(28)20(14-15-10-12-16(25)13-11-15)27-23(29)17-6-2-3-7-18(17)24(27)30/h2-13,20H,14H2,1H3,(H,26,28). The van der Waals surface area contributed by atoms with Gasteiger partial charge in [0.15, 0.2) is 0 Å². The number of fused-ring (bicyclic) bond motifs is 1. The zero-order chi connectivity index (χ0) is 22.0. The molecule has 3 aromatic carbocycles. The van der Waals surface area contributed by atoms with Crippen LogP contribution in [0.3, 0.4) is 0 Å². The SMILES string of the molecule is CSc1ccccc1NC(=O)C(Cc1ccc(Cl)cc1)N1C(=O)c2ccccc2C1=O. The van der Waals surface area contributed by atoms with Crippen molar-refractivity contribution in [2.45, 2.75) is 17.4 Å². The van der Waals surface area contributed by atoms with Gasteiger partial charge in [-0.25, -0.2) is 0 Å². The summed E-state index contributed by atoms with van der Waals surface area (Å²) in [7, 11) is 0. The highest BCUT2D eigenvalue weighted by Gasteiger charge is 2.42. The molecule has 1 aliphatic heterocycles. The molecule has 0 fully saturated rings. The van der Waals surface area contributed by atoms with E-state index in [1.807, 2.05) is 24.5 Å². The van der Waals surface area contributed by atoms with Crippen LogP contribution in [0.1, 0.15) is 26.3 Å². The molecule has 0 bridgehead atoms. The molecule has 0 aliphatic carbocycles. The second kappa shape index (κ2) is 8.96. The first-order valence-electron chi connectivity index (χ1n) is 9.65. The molecule has 3 aromatic rings. The van der Waals surface area contributed by atoms with Gasteiger partial charge in [-0.2, -0.15) is 0 Å². The number of halogens is 1. The summed E-state index contributed by atoms with van der Waals surface area (Å²) in [4.78, 5) is 41.5. The maximum Gasteiger partial charge on any atom is 0.262 e. The van der Waals surface area contributed by atoms with Gasteiger partial charge in [0.2, 0.25) is 5.91 Å². The van der Waals surface area contributed by atoms with Crippen molar-refractivity contribution in [1.29, 1.82) is 0 Å². The maximum atomic E-state index is 13.4. The van der Waals surface area contributed by atoms with Crippen LogP contribution in [-0.4, -0.2) is 34.9 Å². The number of hydrogen-bond acceptors (Lipinski definition) is 4. The number of thioether (sulfide) groups is 1. The zero-order valence-corrected chi connectivity index (χ0v) is 18.2. The molecule has 1 unspecified atom stereocenters. The molecular weight excluding hydrogens is 432 g/mol. The monoisotopic (exact) mass is 450 g/mol. The molecule has 0 spiro atoms. The van der Waals surface area contributed by atoms with E-state index in [9.17, 15) is 14.4 Å². The lowest BCUT2D eigenvalue weighted by atomic mass is 10.0. The Morgan fingerprint density at radius 1 is 0.935 bits per heavy atom. The zero-order valence-electron chi connectivity index (χ0n) is 16.7. The van der Waals surface area contributed by atoms with Crippen LogP contribution in [0.15, 0.2) is 77.7 Å². The number of hydrogen-bond donors (Lipinski definition) is 1. The minimum atomic E-state index is -1.01. The molecule has 0 radical (unpaired) electrons. The topological polar surface area (TPSA) is 66.5 Å². The van der Waals surface area contributed by atoms with Gasteiger partial charge in [-0.3, -0.25) is 19.3 Å². The smallest absolute Gasteiger partial charge is 0.262 e. The van der Waals surface area contributed by atoms with E-state index < -0.39 is 23.8 Å². The summed E-state index contributed by atoms with van der Waals surface area (Å²) in [6.45, 7) is 0. The molecule has 0 saturated heterocycles. The molecule has 3 amide bonds. The lowest BCUT2D eigenvalue weighted by Crippen LogP contribution is -2.48. The largest absolute Gasteiger partial charge is 0.323 e. The third-order valence-corrected chi connectivity index (χ3v) is 6.19. The first-order valence-corrected chi connectivity index (χ1v) is 11.2. The Labute approximate surface area is 189 Å². The average molecular weight is 451 g/mol. The Morgan fingerprint density at radius 2 is 1.52 bits per heavy atom. The molecular formula is C24H19ClN2O3S. The number of benzene rings is 3. The van der Waals surface area contributed by atoms with Crippen LogP contribution in [0.5, 0.6) is 0 Å². The fourth-order valence-corrected chi connectivity index (χ4v) is 4.28. The van der Waals surface area contributed by atoms with E-state index in [1.165, 1.54) is 11.8 Å². The van der Waals surface area contributed by atoms with Gasteiger partial charge in [-0.15, -0.1) is 11.8 Å². The quantitative estimate of drug-likeness (QED) is 0.428. The number of nitrogens with zero attached hydrogens (tertiary/aromatic N) is 1. The van der Waals surface area contributed by atoms with Crippen LogP contribution >= 0.6 is 23.4 Å². The van der Waals surface area contributed by atoms with E-state index in [0.717, 1.165) is 15.4 Å². The lowest BCUT2D eigenvalue weighted by Gasteiger charge is -2.26. The van der Waals surface area contributed by atoms with Crippen LogP contribution in [-0.2, 0) is 11.2 Å². The third-order valence-electron chi connectivity index (χ3n) is 5.15. The van der Waals surface area contributed by atoms with Crippen LogP contribution in [0.25, 0.3) is 0 Å². The van der Waals surface area contributed by atoms with Gasteiger partial charge < -0.3 is 5.32 Å². The normalized spacial score (nSPS) is 13.8. The highest BCUT2D eigenvalue weighted by atomic mass is 35.5. The highest BCUT2D eigenvalue weighted by Crippen LogP contribution is 2.29. The molecule has 1 aliphatic rings. The van der Waals surface area contributed by atoms with Crippen LogP contribution in [0.2, 0.25) is 5.02 Å². The number of carbonyl (C=O) groups is 3. The van der Waals surface area contributed by atoms with Crippen LogP contribution in [0, 0.1) is 0 Å². The summed E-state index contributed by atoms with van der Waals surface area (Å²) < 4.78 is 0. The van der Waals surface area contributed by atoms with Crippen molar-refractivity contribution in [2.75, 3.05) is 11.6 Å². The molecule has 1 atom stereocenters. The van der Waals surface area contributed by atoms with Gasteiger partial charge in [0.05, 0.1) is 16.8 Å². The number of nitrogens with one attached hydrogen (secondary N) is 1. The van der Waals surface area contributed by atoms with E-state index >= 15 is 0 Å². The number of anilines is 1. The fraction of sp³-hybridized carbons (Fsp3) is 0.125. The van der Waals surface area contributed by atoms with Gasteiger partial charge in [0.1, 0.15) is 6.04 Å². The first-order chi connectivity index (χ1) is 15.0. The van der Waals surface area contributed by atoms with Crippen LogP contribution < -0.4 is 5.32 Å². The summed E-state index contributed by atoms with van der Waals surface area (Å²) >= 11 is 7.49. The van der Waals surface area contributed by atoms with Crippen LogP contribution in [0.4, 0.5) is 5.69 Å². The van der Waals surface area contributed by atoms with E-state index in [1.54, 1.807) is 54.6 Å². The molecule has 1 N–H and O–H groups in total. The number of rotatable bonds is 6. The van der Waals surface area contributed by atoms with Gasteiger partial charge in [0.25, 0.3) is 11.8 Å². The van der Waals surface area contributed by atoms with E-state index in [-0.39, 0.29) is 6.42 Å². The van der Waals surface area contributed by atoms with Crippen molar-refractivity contribution in [3.63, 3.8) is 0 Å². The first kappa shape index (κ1) is 21.2. The van der Waals surface area contributed by atoms with Crippen molar-refractivity contribution in [2.24, 2.45) is 0 Å². The Balaban J connectivity index is 1.69. The van der Waals surface area contributed by atoms with Gasteiger partial charge in [-0.1, -0.05) is 48.0 Å². The Morgan fingerprint density at radius 3 is 2.13 bits per heavy atom. The molecule has 0 aromatic heterocycles. The van der Waals surface area contributed by atoms with Gasteiger partial charge in [-0.05, 0) is 48.2 Å². The molecule has 4 rings (SSSR count). The summed E-state index contributed by atoms with van der Waals surface area (Å²) in [5.41, 5.74) is 2.05. The predicted octanol–water partition coefficient (Wildman–Crippen LogP) is 4.91. The maximum absolute atomic E-state index is 13.4. The van der Waals surface area contributed by atoms with E-state index in [0.29, 0.717) is 21.8 Å². The van der Waals surface area contributed by atoms with E-state index in [4.69, 9.17) is 11.6 Å². The van der Waals surface area contributed by atoms with Gasteiger partial charge in [0, 0.05) is 16.3 Å². The molecule has 156 valence electrons. The lowest BCUT2D eigenvalue weighted by molar-refractivity contribution is -0.119. The van der Waals surface area contributed by atoms with Crippen molar-refractivity contribution >= 4 is 46.8 Å². The summed E-state index contributed by atoms with van der Waals surface area (Å²) in [5, 5.41) is 3.47. The number of carbonyl (C=O) groups excluding carboxylic acids is 3. The van der Waals surface area contributed by atoms with Gasteiger partial charge >= 0.3 is 0 Å². The minimum Gasteiger partial charge on any atom is -0.323 e. The number of imide groups is 1. The van der Waals surface area contributed by atoms with Crippen molar-refractivity contribution in [1.82, 2.24) is 4.90 Å². The number of amides is 3. The Kier molecular flexibility index (Phi) is 6.11. The summed E-state index contributed by atoms with van der Waals surface area (Å²) in [6, 6.07) is 20.0. The fourth-order valence-electron chi connectivity index (χ4n) is 3.60. The van der Waals surface area contributed by atoms with Crippen molar-refractivity contribution in [3.8, 4) is 0 Å². The molecule has 0 saturated carbocycles. The van der Waals surface area contributed by atoms with Crippen molar-refractivity contribution < 1.29 is 14.4 Å². The predicted molar refractivity (Wildman–Crippen MR) is 123 cm³/mol. The minimum absolute atomic E-state index is 0.176. The summed E-state index contributed by atoms with van der Waals surface area (Å²) in [5.74, 6) is -1.35. The third kappa shape index (κ3) is 4.22.